The third-order valence-electron chi connectivity index (χ3n) is 3.66. The normalized spacial score (nSPS) is 12.3. The van der Waals surface area contributed by atoms with Gasteiger partial charge in [0, 0.05) is 13.1 Å². The molecular formula is C18H31N3O2. The fraction of sp³-hybridized carbons (Fsp3) is 0.611. The van der Waals surface area contributed by atoms with Crippen molar-refractivity contribution in [2.45, 2.75) is 33.2 Å². The van der Waals surface area contributed by atoms with Crippen LogP contribution in [0.2, 0.25) is 0 Å². The maximum absolute atomic E-state index is 11.9. The van der Waals surface area contributed by atoms with E-state index in [1.165, 1.54) is 0 Å². The summed E-state index contributed by atoms with van der Waals surface area (Å²) < 4.78 is 5.47. The highest BCUT2D eigenvalue weighted by atomic mass is 16.5. The summed E-state index contributed by atoms with van der Waals surface area (Å²) in [6.45, 7) is 8.20. The maximum Gasteiger partial charge on any atom is 0.314 e. The fourth-order valence-electron chi connectivity index (χ4n) is 2.28. The van der Waals surface area contributed by atoms with E-state index >= 15 is 0 Å². The lowest BCUT2D eigenvalue weighted by Gasteiger charge is -2.25. The second kappa shape index (κ2) is 10.1. The van der Waals surface area contributed by atoms with E-state index in [2.05, 4.69) is 29.4 Å². The van der Waals surface area contributed by atoms with Crippen LogP contribution >= 0.6 is 0 Å². The Bertz CT molecular complexity index is 458. The van der Waals surface area contributed by atoms with Crippen LogP contribution in [0.15, 0.2) is 24.3 Å². The average molecular weight is 321 g/mol. The number of carbonyl (C=O) groups is 1. The molecule has 0 spiro atoms. The van der Waals surface area contributed by atoms with Crippen molar-refractivity contribution in [2.75, 3.05) is 33.8 Å². The van der Waals surface area contributed by atoms with Crippen molar-refractivity contribution in [3.63, 3.8) is 0 Å². The first-order valence-corrected chi connectivity index (χ1v) is 8.35. The molecule has 0 aromatic heterocycles. The van der Waals surface area contributed by atoms with Gasteiger partial charge in [-0.15, -0.1) is 0 Å². The first kappa shape index (κ1) is 19.3. The van der Waals surface area contributed by atoms with Crippen molar-refractivity contribution in [1.29, 1.82) is 0 Å². The lowest BCUT2D eigenvalue weighted by molar-refractivity contribution is 0.232. The zero-order valence-corrected chi connectivity index (χ0v) is 15.1. The molecule has 0 saturated heterocycles. The molecule has 1 rings (SSSR count). The van der Waals surface area contributed by atoms with Gasteiger partial charge in [-0.2, -0.15) is 0 Å². The van der Waals surface area contributed by atoms with Gasteiger partial charge in [0.05, 0.1) is 12.6 Å². The Hall–Kier alpha value is -1.75. The third-order valence-corrected chi connectivity index (χ3v) is 3.66. The third kappa shape index (κ3) is 7.37. The van der Waals surface area contributed by atoms with Crippen molar-refractivity contribution >= 4 is 6.03 Å². The van der Waals surface area contributed by atoms with Gasteiger partial charge in [-0.3, -0.25) is 0 Å². The van der Waals surface area contributed by atoms with Crippen LogP contribution in [-0.4, -0.2) is 44.7 Å². The lowest BCUT2D eigenvalue weighted by atomic mass is 10.1. The highest BCUT2D eigenvalue weighted by Gasteiger charge is 2.15. The smallest absolute Gasteiger partial charge is 0.314 e. The average Bonchev–Trinajstić information content (AvgIpc) is 2.48. The largest absolute Gasteiger partial charge is 0.494 e. The van der Waals surface area contributed by atoms with Crippen molar-refractivity contribution in [3.05, 3.63) is 29.8 Å². The quantitative estimate of drug-likeness (QED) is 0.735. The molecule has 0 aliphatic carbocycles. The Kier molecular flexibility index (Phi) is 8.48. The monoisotopic (exact) mass is 321 g/mol. The maximum atomic E-state index is 11.9. The molecule has 2 amide bonds. The molecule has 2 N–H and O–H groups in total. The number of urea groups is 1. The highest BCUT2D eigenvalue weighted by Crippen LogP contribution is 2.20. The molecule has 130 valence electrons. The number of rotatable bonds is 9. The molecule has 23 heavy (non-hydrogen) atoms. The summed E-state index contributed by atoms with van der Waals surface area (Å²) in [5, 5.41) is 5.85. The number of carbonyl (C=O) groups excluding carboxylic acids is 1. The number of hydrogen-bond acceptors (Lipinski definition) is 3. The molecule has 0 heterocycles. The number of nitrogens with zero attached hydrogens (tertiary/aromatic N) is 1. The topological polar surface area (TPSA) is 53.6 Å². The Morgan fingerprint density at radius 2 is 1.83 bits per heavy atom. The van der Waals surface area contributed by atoms with Crippen LogP contribution in [0.3, 0.4) is 0 Å². The molecular weight excluding hydrogens is 290 g/mol. The van der Waals surface area contributed by atoms with Crippen LogP contribution in [-0.2, 0) is 0 Å². The Morgan fingerprint density at radius 1 is 1.17 bits per heavy atom. The van der Waals surface area contributed by atoms with Gasteiger partial charge in [-0.05, 0) is 51.1 Å². The number of amides is 2. The molecule has 0 saturated carbocycles. The van der Waals surface area contributed by atoms with E-state index < -0.39 is 0 Å². The van der Waals surface area contributed by atoms with Gasteiger partial charge >= 0.3 is 6.03 Å². The van der Waals surface area contributed by atoms with Crippen molar-refractivity contribution in [3.8, 4) is 5.75 Å². The minimum Gasteiger partial charge on any atom is -0.494 e. The number of benzene rings is 1. The zero-order valence-electron chi connectivity index (χ0n) is 15.1. The number of likely N-dealkylation sites (N-methyl/N-ethyl adjacent to an activating group) is 1. The molecule has 0 fully saturated rings. The molecule has 0 aliphatic rings. The number of ether oxygens (including phenoxy) is 1. The van der Waals surface area contributed by atoms with E-state index in [0.29, 0.717) is 25.6 Å². The SMILES string of the molecule is CCOc1ccc(C(CNC(=O)NCCC(C)C)N(C)C)cc1. The van der Waals surface area contributed by atoms with Crippen LogP contribution in [0.5, 0.6) is 5.75 Å². The Labute approximate surface area is 140 Å². The van der Waals surface area contributed by atoms with Crippen LogP contribution in [0.25, 0.3) is 0 Å². The van der Waals surface area contributed by atoms with Crippen LogP contribution in [0.1, 0.15) is 38.8 Å². The van der Waals surface area contributed by atoms with Gasteiger partial charge < -0.3 is 20.3 Å². The second-order valence-electron chi connectivity index (χ2n) is 6.30. The first-order chi connectivity index (χ1) is 10.9. The van der Waals surface area contributed by atoms with E-state index in [4.69, 9.17) is 4.74 Å². The van der Waals surface area contributed by atoms with E-state index in [1.807, 2.05) is 45.3 Å². The van der Waals surface area contributed by atoms with Crippen molar-refractivity contribution in [1.82, 2.24) is 15.5 Å². The molecule has 0 bridgehead atoms. The molecule has 0 radical (unpaired) electrons. The van der Waals surface area contributed by atoms with Crippen LogP contribution in [0, 0.1) is 5.92 Å². The first-order valence-electron chi connectivity index (χ1n) is 8.35. The lowest BCUT2D eigenvalue weighted by Crippen LogP contribution is -2.41. The summed E-state index contributed by atoms with van der Waals surface area (Å²) in [5.41, 5.74) is 1.15. The predicted molar refractivity (Wildman–Crippen MR) is 94.9 cm³/mol. The van der Waals surface area contributed by atoms with E-state index in [9.17, 15) is 4.79 Å². The highest BCUT2D eigenvalue weighted by molar-refractivity contribution is 5.73. The molecule has 1 unspecified atom stereocenters. The van der Waals surface area contributed by atoms with Gasteiger partial charge in [0.1, 0.15) is 5.75 Å². The summed E-state index contributed by atoms with van der Waals surface area (Å²) in [6, 6.07) is 8.06. The summed E-state index contributed by atoms with van der Waals surface area (Å²) >= 11 is 0. The standard InChI is InChI=1S/C18H31N3O2/c1-6-23-16-9-7-15(8-10-16)17(21(4)5)13-20-18(22)19-12-11-14(2)3/h7-10,14,17H,6,11-13H2,1-5H3,(H2,19,20,22). The zero-order chi connectivity index (χ0) is 17.2. The number of hydrogen-bond donors (Lipinski definition) is 2. The fourth-order valence-corrected chi connectivity index (χ4v) is 2.28. The summed E-state index contributed by atoms with van der Waals surface area (Å²) in [7, 11) is 4.03. The van der Waals surface area contributed by atoms with Gasteiger partial charge in [0.25, 0.3) is 0 Å². The van der Waals surface area contributed by atoms with Crippen LogP contribution < -0.4 is 15.4 Å². The van der Waals surface area contributed by atoms with Gasteiger partial charge in [-0.1, -0.05) is 26.0 Å². The molecule has 1 aromatic rings. The van der Waals surface area contributed by atoms with E-state index in [0.717, 1.165) is 17.7 Å². The summed E-state index contributed by atoms with van der Waals surface area (Å²) in [6.07, 6.45) is 0.990. The van der Waals surface area contributed by atoms with Crippen molar-refractivity contribution < 1.29 is 9.53 Å². The van der Waals surface area contributed by atoms with Gasteiger partial charge in [0.2, 0.25) is 0 Å². The van der Waals surface area contributed by atoms with E-state index in [1.54, 1.807) is 0 Å². The second-order valence-corrected chi connectivity index (χ2v) is 6.30. The van der Waals surface area contributed by atoms with Gasteiger partial charge in [-0.25, -0.2) is 4.79 Å². The van der Waals surface area contributed by atoms with Crippen molar-refractivity contribution in [2.24, 2.45) is 5.92 Å². The number of nitrogens with one attached hydrogen (secondary N) is 2. The van der Waals surface area contributed by atoms with Crippen LogP contribution in [0.4, 0.5) is 4.79 Å². The molecule has 5 heteroatoms. The molecule has 1 aromatic carbocycles. The summed E-state index contributed by atoms with van der Waals surface area (Å²) in [4.78, 5) is 14.0. The summed E-state index contributed by atoms with van der Waals surface area (Å²) in [5.74, 6) is 1.46. The van der Waals surface area contributed by atoms with E-state index in [-0.39, 0.29) is 12.1 Å². The minimum absolute atomic E-state index is 0.108. The predicted octanol–water partition coefficient (Wildman–Crippen LogP) is 3.03. The molecule has 1 atom stereocenters. The Morgan fingerprint density at radius 3 is 2.35 bits per heavy atom. The molecule has 5 nitrogen and oxygen atoms in total. The Balaban J connectivity index is 2.53. The molecule has 0 aliphatic heterocycles. The minimum atomic E-state index is -0.108. The van der Waals surface area contributed by atoms with Gasteiger partial charge in [0.15, 0.2) is 0 Å².